The number of pyridine rings is 1. The van der Waals surface area contributed by atoms with Crippen molar-refractivity contribution in [3.63, 3.8) is 0 Å². The highest BCUT2D eigenvalue weighted by Crippen LogP contribution is 2.23. The van der Waals surface area contributed by atoms with Gasteiger partial charge in [0.25, 0.3) is 0 Å². The standard InChI is InChI=1S/C11H13N3S/c1-2-6-13-10-8-15-11(14-10)9-5-3-4-7-12-9/h3-5,7-8,13H,2,6H2,1H3. The summed E-state index contributed by atoms with van der Waals surface area (Å²) in [5.41, 5.74) is 0.937. The van der Waals surface area contributed by atoms with Crippen LogP contribution in [0.2, 0.25) is 0 Å². The van der Waals surface area contributed by atoms with Crippen LogP contribution in [0.15, 0.2) is 29.8 Å². The Kier molecular flexibility index (Phi) is 3.29. The van der Waals surface area contributed by atoms with E-state index in [1.807, 2.05) is 23.6 Å². The smallest absolute Gasteiger partial charge is 0.144 e. The van der Waals surface area contributed by atoms with Gasteiger partial charge in [0, 0.05) is 18.1 Å². The fourth-order valence-corrected chi connectivity index (χ4v) is 1.97. The van der Waals surface area contributed by atoms with Gasteiger partial charge in [-0.2, -0.15) is 0 Å². The number of hydrogen-bond acceptors (Lipinski definition) is 4. The van der Waals surface area contributed by atoms with E-state index in [1.165, 1.54) is 0 Å². The van der Waals surface area contributed by atoms with E-state index in [2.05, 4.69) is 22.2 Å². The van der Waals surface area contributed by atoms with E-state index in [9.17, 15) is 0 Å². The van der Waals surface area contributed by atoms with Gasteiger partial charge in [-0.1, -0.05) is 13.0 Å². The molecule has 0 aliphatic rings. The molecule has 0 unspecified atom stereocenters. The van der Waals surface area contributed by atoms with Crippen molar-refractivity contribution in [2.45, 2.75) is 13.3 Å². The molecule has 0 spiro atoms. The third-order valence-corrected chi connectivity index (χ3v) is 2.81. The quantitative estimate of drug-likeness (QED) is 0.859. The molecular formula is C11H13N3S. The van der Waals surface area contributed by atoms with Gasteiger partial charge in [-0.15, -0.1) is 11.3 Å². The van der Waals surface area contributed by atoms with Gasteiger partial charge in [-0.05, 0) is 18.6 Å². The van der Waals surface area contributed by atoms with Gasteiger partial charge in [0.15, 0.2) is 0 Å². The van der Waals surface area contributed by atoms with E-state index in [0.29, 0.717) is 0 Å². The maximum atomic E-state index is 4.46. The topological polar surface area (TPSA) is 37.8 Å². The fraction of sp³-hybridized carbons (Fsp3) is 0.273. The zero-order valence-corrected chi connectivity index (χ0v) is 9.42. The molecule has 2 aromatic heterocycles. The molecule has 4 heteroatoms. The highest BCUT2D eigenvalue weighted by Gasteiger charge is 2.03. The average Bonchev–Trinajstić information content (AvgIpc) is 2.76. The summed E-state index contributed by atoms with van der Waals surface area (Å²) in [5.74, 6) is 0.947. The molecule has 0 aliphatic carbocycles. The second kappa shape index (κ2) is 4.89. The highest BCUT2D eigenvalue weighted by atomic mass is 32.1. The Bertz CT molecular complexity index is 411. The van der Waals surface area contributed by atoms with Gasteiger partial charge in [-0.25, -0.2) is 4.98 Å². The van der Waals surface area contributed by atoms with Gasteiger partial charge in [0.2, 0.25) is 0 Å². The average molecular weight is 219 g/mol. The van der Waals surface area contributed by atoms with Crippen LogP contribution in [0, 0.1) is 0 Å². The maximum Gasteiger partial charge on any atom is 0.144 e. The molecule has 0 saturated carbocycles. The SMILES string of the molecule is CCCNc1csc(-c2ccccn2)n1. The number of aromatic nitrogens is 2. The normalized spacial score (nSPS) is 10.2. The molecule has 0 fully saturated rings. The lowest BCUT2D eigenvalue weighted by atomic mass is 10.4. The maximum absolute atomic E-state index is 4.46. The third-order valence-electron chi connectivity index (χ3n) is 1.94. The van der Waals surface area contributed by atoms with Crippen LogP contribution in [-0.4, -0.2) is 16.5 Å². The molecule has 2 heterocycles. The number of anilines is 1. The summed E-state index contributed by atoms with van der Waals surface area (Å²) in [6, 6.07) is 5.86. The lowest BCUT2D eigenvalue weighted by Crippen LogP contribution is -1.99. The molecule has 2 rings (SSSR count). The van der Waals surface area contributed by atoms with Crippen LogP contribution in [0.3, 0.4) is 0 Å². The second-order valence-electron chi connectivity index (χ2n) is 3.18. The monoisotopic (exact) mass is 219 g/mol. The first-order valence-electron chi connectivity index (χ1n) is 5.01. The number of thiazole rings is 1. The van der Waals surface area contributed by atoms with E-state index < -0.39 is 0 Å². The number of nitrogens with one attached hydrogen (secondary N) is 1. The minimum absolute atomic E-state index is 0.937. The van der Waals surface area contributed by atoms with E-state index in [-0.39, 0.29) is 0 Å². The Labute approximate surface area is 93.2 Å². The molecule has 0 saturated heterocycles. The van der Waals surface area contributed by atoms with Crippen molar-refractivity contribution in [3.8, 4) is 10.7 Å². The summed E-state index contributed by atoms with van der Waals surface area (Å²) in [5, 5.41) is 6.25. The van der Waals surface area contributed by atoms with Gasteiger partial charge in [0.1, 0.15) is 10.8 Å². The fourth-order valence-electron chi connectivity index (χ4n) is 1.21. The molecule has 15 heavy (non-hydrogen) atoms. The van der Waals surface area contributed by atoms with Crippen molar-refractivity contribution >= 4 is 17.2 Å². The van der Waals surface area contributed by atoms with E-state index in [4.69, 9.17) is 0 Å². The summed E-state index contributed by atoms with van der Waals surface area (Å²) in [6.45, 7) is 3.10. The minimum Gasteiger partial charge on any atom is -0.369 e. The molecule has 1 N–H and O–H groups in total. The summed E-state index contributed by atoms with van der Waals surface area (Å²) < 4.78 is 0. The van der Waals surface area contributed by atoms with E-state index >= 15 is 0 Å². The Morgan fingerprint density at radius 1 is 1.40 bits per heavy atom. The first-order valence-corrected chi connectivity index (χ1v) is 5.89. The Balaban J connectivity index is 2.14. The van der Waals surface area contributed by atoms with E-state index in [0.717, 1.165) is 29.5 Å². The van der Waals surface area contributed by atoms with Crippen molar-refractivity contribution in [3.05, 3.63) is 29.8 Å². The van der Waals surface area contributed by atoms with Crippen LogP contribution in [-0.2, 0) is 0 Å². The molecule has 0 aromatic carbocycles. The minimum atomic E-state index is 0.937. The number of nitrogens with zero attached hydrogens (tertiary/aromatic N) is 2. The number of rotatable bonds is 4. The van der Waals surface area contributed by atoms with Gasteiger partial charge in [0.05, 0.1) is 5.69 Å². The summed E-state index contributed by atoms with van der Waals surface area (Å²) >= 11 is 1.62. The predicted octanol–water partition coefficient (Wildman–Crippen LogP) is 3.03. The van der Waals surface area contributed by atoms with Crippen LogP contribution in [0.5, 0.6) is 0 Å². The van der Waals surface area contributed by atoms with Gasteiger partial charge >= 0.3 is 0 Å². The summed E-state index contributed by atoms with van der Waals surface area (Å²) in [6.07, 6.45) is 2.90. The van der Waals surface area contributed by atoms with Gasteiger partial charge in [-0.3, -0.25) is 4.98 Å². The second-order valence-corrected chi connectivity index (χ2v) is 4.04. The van der Waals surface area contributed by atoms with Gasteiger partial charge < -0.3 is 5.32 Å². The summed E-state index contributed by atoms with van der Waals surface area (Å²) in [7, 11) is 0. The molecular weight excluding hydrogens is 206 g/mol. The van der Waals surface area contributed by atoms with Crippen molar-refractivity contribution in [1.29, 1.82) is 0 Å². The molecule has 2 aromatic rings. The van der Waals surface area contributed by atoms with Crippen molar-refractivity contribution in [2.24, 2.45) is 0 Å². The lowest BCUT2D eigenvalue weighted by molar-refractivity contribution is 0.972. The zero-order chi connectivity index (χ0) is 10.5. The Morgan fingerprint density at radius 2 is 2.33 bits per heavy atom. The third kappa shape index (κ3) is 2.53. The van der Waals surface area contributed by atoms with Crippen LogP contribution in [0.1, 0.15) is 13.3 Å². The number of hydrogen-bond donors (Lipinski definition) is 1. The zero-order valence-electron chi connectivity index (χ0n) is 8.60. The lowest BCUT2D eigenvalue weighted by Gasteiger charge is -1.97. The highest BCUT2D eigenvalue weighted by molar-refractivity contribution is 7.13. The van der Waals surface area contributed by atoms with Crippen molar-refractivity contribution in [1.82, 2.24) is 9.97 Å². The van der Waals surface area contributed by atoms with Crippen LogP contribution >= 0.6 is 11.3 Å². The molecule has 0 atom stereocenters. The molecule has 0 radical (unpaired) electrons. The molecule has 78 valence electrons. The van der Waals surface area contributed by atoms with E-state index in [1.54, 1.807) is 17.5 Å². The first kappa shape index (κ1) is 10.1. The Hall–Kier alpha value is -1.42. The Morgan fingerprint density at radius 3 is 3.07 bits per heavy atom. The molecule has 3 nitrogen and oxygen atoms in total. The molecule has 0 bridgehead atoms. The summed E-state index contributed by atoms with van der Waals surface area (Å²) in [4.78, 5) is 8.73. The van der Waals surface area contributed by atoms with Crippen LogP contribution in [0.25, 0.3) is 10.7 Å². The van der Waals surface area contributed by atoms with Crippen molar-refractivity contribution in [2.75, 3.05) is 11.9 Å². The molecule has 0 aliphatic heterocycles. The largest absolute Gasteiger partial charge is 0.369 e. The molecule has 0 amide bonds. The van der Waals surface area contributed by atoms with Crippen molar-refractivity contribution < 1.29 is 0 Å². The predicted molar refractivity (Wildman–Crippen MR) is 64.1 cm³/mol. The first-order chi connectivity index (χ1) is 7.40. The van der Waals surface area contributed by atoms with Crippen LogP contribution in [0.4, 0.5) is 5.82 Å². The van der Waals surface area contributed by atoms with Crippen LogP contribution < -0.4 is 5.32 Å².